The van der Waals surface area contributed by atoms with Gasteiger partial charge in [-0.05, 0) is 35.9 Å². The molecular weight excluding hydrogens is 396 g/mol. The molecule has 0 fully saturated rings. The molecule has 2 heterocycles. The van der Waals surface area contributed by atoms with E-state index in [2.05, 4.69) is 5.16 Å². The van der Waals surface area contributed by atoms with Gasteiger partial charge in [0, 0.05) is 30.7 Å². The minimum absolute atomic E-state index is 0.00314. The van der Waals surface area contributed by atoms with Crippen molar-refractivity contribution in [2.75, 3.05) is 27.1 Å². The van der Waals surface area contributed by atoms with E-state index in [1.807, 2.05) is 36.4 Å². The van der Waals surface area contributed by atoms with Gasteiger partial charge in [0.05, 0.1) is 12.3 Å². The second-order valence-corrected chi connectivity index (χ2v) is 7.31. The summed E-state index contributed by atoms with van der Waals surface area (Å²) in [6.45, 7) is 1.04. The van der Waals surface area contributed by atoms with Crippen molar-refractivity contribution in [3.05, 3.63) is 58.6 Å². The van der Waals surface area contributed by atoms with Gasteiger partial charge < -0.3 is 23.9 Å². The maximum absolute atomic E-state index is 12.5. The molecule has 0 N–H and O–H groups in total. The maximum Gasteiger partial charge on any atom is 0.248 e. The van der Waals surface area contributed by atoms with E-state index < -0.39 is 0 Å². The Balaban J connectivity index is 1.42. The lowest BCUT2D eigenvalue weighted by Gasteiger charge is -2.25. The van der Waals surface area contributed by atoms with Crippen LogP contribution in [0.1, 0.15) is 17.5 Å². The third kappa shape index (κ3) is 4.63. The van der Waals surface area contributed by atoms with E-state index in [0.717, 1.165) is 22.6 Å². The molecule has 0 aliphatic carbocycles. The van der Waals surface area contributed by atoms with Crippen LogP contribution in [0.3, 0.4) is 0 Å². The average Bonchev–Trinajstić information content (AvgIpc) is 3.36. The number of methoxy groups -OCH3 is 1. The molecule has 0 bridgehead atoms. The summed E-state index contributed by atoms with van der Waals surface area (Å²) in [6.07, 6.45) is 0.349. The Morgan fingerprint density at radius 1 is 1.24 bits per heavy atom. The molecule has 2 aromatic rings. The number of carbonyl (C=O) groups excluding carboxylic acids is 1. The number of hydrogen-bond acceptors (Lipinski definition) is 6. The van der Waals surface area contributed by atoms with Crippen molar-refractivity contribution in [2.24, 2.45) is 5.16 Å². The van der Waals surface area contributed by atoms with Gasteiger partial charge in [-0.2, -0.15) is 0 Å². The van der Waals surface area contributed by atoms with E-state index >= 15 is 0 Å². The SMILES string of the molecule is COCC(=O)N(Cc1cccc(Cl)c1)C[C@H]1CC(c2ccc3c(c2)OCO3)=NO1. The minimum atomic E-state index is -0.240. The smallest absolute Gasteiger partial charge is 0.248 e. The Labute approximate surface area is 173 Å². The zero-order valence-electron chi connectivity index (χ0n) is 16.0. The van der Waals surface area contributed by atoms with Crippen molar-refractivity contribution in [1.29, 1.82) is 0 Å². The molecule has 0 saturated heterocycles. The first-order chi connectivity index (χ1) is 14.1. The monoisotopic (exact) mass is 416 g/mol. The molecule has 0 spiro atoms. The molecule has 29 heavy (non-hydrogen) atoms. The highest BCUT2D eigenvalue weighted by atomic mass is 35.5. The molecule has 1 amide bonds. The van der Waals surface area contributed by atoms with Crippen LogP contribution < -0.4 is 9.47 Å². The van der Waals surface area contributed by atoms with Crippen molar-refractivity contribution in [2.45, 2.75) is 19.1 Å². The molecule has 8 heteroatoms. The number of nitrogens with zero attached hydrogens (tertiary/aromatic N) is 2. The predicted molar refractivity (Wildman–Crippen MR) is 107 cm³/mol. The lowest BCUT2D eigenvalue weighted by atomic mass is 10.0. The van der Waals surface area contributed by atoms with Gasteiger partial charge in [-0.25, -0.2) is 0 Å². The summed E-state index contributed by atoms with van der Waals surface area (Å²) in [7, 11) is 1.50. The number of rotatable bonds is 7. The van der Waals surface area contributed by atoms with Gasteiger partial charge in [-0.15, -0.1) is 0 Å². The summed E-state index contributed by atoms with van der Waals surface area (Å²) in [5, 5.41) is 4.85. The van der Waals surface area contributed by atoms with E-state index in [9.17, 15) is 4.79 Å². The van der Waals surface area contributed by atoms with Crippen molar-refractivity contribution in [3.8, 4) is 11.5 Å². The Hall–Kier alpha value is -2.77. The zero-order chi connectivity index (χ0) is 20.2. The summed E-state index contributed by atoms with van der Waals surface area (Å²) in [5.74, 6) is 1.31. The second kappa shape index (κ2) is 8.71. The van der Waals surface area contributed by atoms with Crippen LogP contribution in [-0.2, 0) is 20.9 Å². The number of benzene rings is 2. The topological polar surface area (TPSA) is 69.6 Å². The molecule has 0 radical (unpaired) electrons. The third-order valence-corrected chi connectivity index (χ3v) is 4.98. The molecule has 2 aromatic carbocycles. The van der Waals surface area contributed by atoms with Crippen molar-refractivity contribution in [1.82, 2.24) is 4.90 Å². The van der Waals surface area contributed by atoms with Crippen LogP contribution in [-0.4, -0.2) is 49.7 Å². The Bertz CT molecular complexity index is 933. The van der Waals surface area contributed by atoms with Gasteiger partial charge in [0.25, 0.3) is 0 Å². The lowest BCUT2D eigenvalue weighted by Crippen LogP contribution is -2.39. The van der Waals surface area contributed by atoms with Crippen LogP contribution in [0.25, 0.3) is 0 Å². The fourth-order valence-corrected chi connectivity index (χ4v) is 3.56. The molecule has 0 saturated carbocycles. The fraction of sp³-hybridized carbons (Fsp3) is 0.333. The number of oxime groups is 1. The van der Waals surface area contributed by atoms with E-state index in [0.29, 0.717) is 30.3 Å². The molecule has 1 atom stereocenters. The molecular formula is C21H21ClN2O5. The largest absolute Gasteiger partial charge is 0.454 e. The van der Waals surface area contributed by atoms with Crippen LogP contribution in [0.4, 0.5) is 0 Å². The first-order valence-corrected chi connectivity index (χ1v) is 9.64. The number of ether oxygens (including phenoxy) is 3. The summed E-state index contributed by atoms with van der Waals surface area (Å²) in [6, 6.07) is 13.1. The van der Waals surface area contributed by atoms with E-state index in [1.165, 1.54) is 7.11 Å². The Kier molecular flexibility index (Phi) is 5.87. The normalized spacial score (nSPS) is 17.0. The van der Waals surface area contributed by atoms with Crippen molar-refractivity contribution < 1.29 is 23.8 Å². The molecule has 4 rings (SSSR count). The van der Waals surface area contributed by atoms with Crippen LogP contribution in [0, 0.1) is 0 Å². The first-order valence-electron chi connectivity index (χ1n) is 9.26. The van der Waals surface area contributed by atoms with Crippen LogP contribution >= 0.6 is 11.6 Å². The van der Waals surface area contributed by atoms with Gasteiger partial charge in [-0.1, -0.05) is 28.9 Å². The average molecular weight is 417 g/mol. The highest BCUT2D eigenvalue weighted by molar-refractivity contribution is 6.30. The molecule has 2 aliphatic heterocycles. The van der Waals surface area contributed by atoms with Crippen LogP contribution in [0.5, 0.6) is 11.5 Å². The van der Waals surface area contributed by atoms with Gasteiger partial charge >= 0.3 is 0 Å². The molecule has 2 aliphatic rings. The molecule has 7 nitrogen and oxygen atoms in total. The number of halogens is 1. The summed E-state index contributed by atoms with van der Waals surface area (Å²) >= 11 is 6.08. The number of carbonyl (C=O) groups is 1. The highest BCUT2D eigenvalue weighted by Gasteiger charge is 2.28. The quantitative estimate of drug-likeness (QED) is 0.693. The van der Waals surface area contributed by atoms with Gasteiger partial charge in [0.2, 0.25) is 12.7 Å². The van der Waals surface area contributed by atoms with Crippen LogP contribution in [0.2, 0.25) is 5.02 Å². The summed E-state index contributed by atoms with van der Waals surface area (Å²) in [4.78, 5) is 19.9. The van der Waals surface area contributed by atoms with E-state index in [4.69, 9.17) is 30.6 Å². The number of amides is 1. The van der Waals surface area contributed by atoms with E-state index in [-0.39, 0.29) is 25.4 Å². The maximum atomic E-state index is 12.5. The number of hydrogen-bond donors (Lipinski definition) is 0. The second-order valence-electron chi connectivity index (χ2n) is 6.87. The lowest BCUT2D eigenvalue weighted by molar-refractivity contribution is -0.137. The predicted octanol–water partition coefficient (Wildman–Crippen LogP) is 3.24. The Morgan fingerprint density at radius 3 is 2.93 bits per heavy atom. The highest BCUT2D eigenvalue weighted by Crippen LogP contribution is 2.33. The van der Waals surface area contributed by atoms with Gasteiger partial charge in [0.1, 0.15) is 6.61 Å². The van der Waals surface area contributed by atoms with Gasteiger partial charge in [0.15, 0.2) is 17.6 Å². The molecule has 0 aromatic heterocycles. The van der Waals surface area contributed by atoms with Gasteiger partial charge in [-0.3, -0.25) is 4.79 Å². The fourth-order valence-electron chi connectivity index (χ4n) is 3.34. The zero-order valence-corrected chi connectivity index (χ0v) is 16.7. The van der Waals surface area contributed by atoms with Crippen molar-refractivity contribution in [3.63, 3.8) is 0 Å². The van der Waals surface area contributed by atoms with Crippen LogP contribution in [0.15, 0.2) is 47.6 Å². The summed E-state index contributed by atoms with van der Waals surface area (Å²) in [5.41, 5.74) is 2.67. The number of fused-ring (bicyclic) bond motifs is 1. The third-order valence-electron chi connectivity index (χ3n) is 4.75. The van der Waals surface area contributed by atoms with Crippen molar-refractivity contribution >= 4 is 23.2 Å². The van der Waals surface area contributed by atoms with E-state index in [1.54, 1.807) is 11.0 Å². The first kappa shape index (κ1) is 19.5. The standard InChI is InChI=1S/C21H21ClN2O5/c1-26-12-21(25)24(10-14-3-2-4-16(22)7-14)11-17-9-18(23-29-17)15-5-6-19-20(8-15)28-13-27-19/h2-8,17H,9-13H2,1H3/t17-/m1/s1. The minimum Gasteiger partial charge on any atom is -0.454 e. The summed E-state index contributed by atoms with van der Waals surface area (Å²) < 4.78 is 15.8. The Morgan fingerprint density at radius 2 is 2.10 bits per heavy atom. The molecule has 152 valence electrons. The molecule has 0 unspecified atom stereocenters.